The number of amides is 1. The van der Waals surface area contributed by atoms with Gasteiger partial charge in [-0.05, 0) is 24.1 Å². The first-order valence-electron chi connectivity index (χ1n) is 4.30. The van der Waals surface area contributed by atoms with Gasteiger partial charge in [0.1, 0.15) is 0 Å². The molecule has 1 fully saturated rings. The van der Waals surface area contributed by atoms with Crippen molar-refractivity contribution in [2.75, 3.05) is 6.54 Å². The van der Waals surface area contributed by atoms with Crippen molar-refractivity contribution < 1.29 is 4.79 Å². The van der Waals surface area contributed by atoms with E-state index in [-0.39, 0.29) is 11.8 Å². The van der Waals surface area contributed by atoms with Crippen LogP contribution in [0.5, 0.6) is 0 Å². The van der Waals surface area contributed by atoms with Gasteiger partial charge in [-0.15, -0.1) is 0 Å². The SMILES string of the molecule is O=C1NCCC1c1cccc(Br)c1. The Labute approximate surface area is 85.5 Å². The second kappa shape index (κ2) is 3.50. The van der Waals surface area contributed by atoms with Crippen molar-refractivity contribution in [3.63, 3.8) is 0 Å². The molecule has 1 atom stereocenters. The van der Waals surface area contributed by atoms with Crippen molar-refractivity contribution in [3.8, 4) is 0 Å². The molecule has 1 amide bonds. The molecule has 2 rings (SSSR count). The third kappa shape index (κ3) is 1.75. The summed E-state index contributed by atoms with van der Waals surface area (Å²) in [5, 5.41) is 2.83. The Kier molecular flexibility index (Phi) is 2.36. The Morgan fingerprint density at radius 1 is 1.46 bits per heavy atom. The molecule has 1 heterocycles. The van der Waals surface area contributed by atoms with Gasteiger partial charge in [0, 0.05) is 11.0 Å². The Morgan fingerprint density at radius 3 is 2.92 bits per heavy atom. The highest BCUT2D eigenvalue weighted by atomic mass is 79.9. The molecule has 0 saturated carbocycles. The number of nitrogens with one attached hydrogen (secondary N) is 1. The number of hydrogen-bond acceptors (Lipinski definition) is 1. The molecule has 1 unspecified atom stereocenters. The fraction of sp³-hybridized carbons (Fsp3) is 0.300. The number of carbonyl (C=O) groups excluding carboxylic acids is 1. The highest BCUT2D eigenvalue weighted by molar-refractivity contribution is 9.10. The van der Waals surface area contributed by atoms with Crippen LogP contribution in [0.1, 0.15) is 17.9 Å². The van der Waals surface area contributed by atoms with Crippen molar-refractivity contribution in [3.05, 3.63) is 34.3 Å². The molecular formula is C10H10BrNO. The van der Waals surface area contributed by atoms with Crippen LogP contribution in [0.3, 0.4) is 0 Å². The molecule has 0 spiro atoms. The Bertz CT molecular complexity index is 337. The summed E-state index contributed by atoms with van der Waals surface area (Å²) in [7, 11) is 0. The van der Waals surface area contributed by atoms with Crippen molar-refractivity contribution in [1.29, 1.82) is 0 Å². The highest BCUT2D eigenvalue weighted by Gasteiger charge is 2.25. The van der Waals surface area contributed by atoms with E-state index in [1.165, 1.54) is 0 Å². The Morgan fingerprint density at radius 2 is 2.31 bits per heavy atom. The molecule has 0 bridgehead atoms. The van der Waals surface area contributed by atoms with Gasteiger partial charge in [-0.3, -0.25) is 4.79 Å². The number of hydrogen-bond donors (Lipinski definition) is 1. The Balaban J connectivity index is 2.29. The molecule has 2 nitrogen and oxygen atoms in total. The summed E-state index contributed by atoms with van der Waals surface area (Å²) in [5.74, 6) is 0.204. The van der Waals surface area contributed by atoms with E-state index in [0.29, 0.717) is 0 Å². The van der Waals surface area contributed by atoms with Crippen LogP contribution in [0.25, 0.3) is 0 Å². The molecule has 68 valence electrons. The standard InChI is InChI=1S/C10H10BrNO/c11-8-3-1-2-7(6-8)9-4-5-12-10(9)13/h1-3,6,9H,4-5H2,(H,12,13). The van der Waals surface area contributed by atoms with Gasteiger partial charge in [-0.25, -0.2) is 0 Å². The van der Waals surface area contributed by atoms with Gasteiger partial charge in [-0.1, -0.05) is 28.1 Å². The summed E-state index contributed by atoms with van der Waals surface area (Å²) in [5.41, 5.74) is 1.10. The maximum absolute atomic E-state index is 11.4. The van der Waals surface area contributed by atoms with Crippen LogP contribution in [-0.2, 0) is 4.79 Å². The summed E-state index contributed by atoms with van der Waals surface area (Å²) >= 11 is 3.40. The van der Waals surface area contributed by atoms with Crippen molar-refractivity contribution in [2.45, 2.75) is 12.3 Å². The predicted octanol–water partition coefficient (Wildman–Crippen LogP) is 2.05. The molecule has 1 saturated heterocycles. The van der Waals surface area contributed by atoms with E-state index in [4.69, 9.17) is 0 Å². The van der Waals surface area contributed by atoms with E-state index < -0.39 is 0 Å². The van der Waals surface area contributed by atoms with E-state index in [9.17, 15) is 4.79 Å². The van der Waals surface area contributed by atoms with Crippen LogP contribution >= 0.6 is 15.9 Å². The summed E-state index contributed by atoms with van der Waals surface area (Å²) in [6.45, 7) is 0.802. The van der Waals surface area contributed by atoms with Crippen LogP contribution in [-0.4, -0.2) is 12.5 Å². The molecular weight excluding hydrogens is 230 g/mol. The lowest BCUT2D eigenvalue weighted by Crippen LogP contribution is -2.17. The van der Waals surface area contributed by atoms with Gasteiger partial charge >= 0.3 is 0 Å². The van der Waals surface area contributed by atoms with Crippen LogP contribution in [0, 0.1) is 0 Å². The van der Waals surface area contributed by atoms with Crippen molar-refractivity contribution in [2.24, 2.45) is 0 Å². The highest BCUT2D eigenvalue weighted by Crippen LogP contribution is 2.25. The molecule has 1 aromatic rings. The molecule has 0 aliphatic carbocycles. The third-order valence-electron chi connectivity index (χ3n) is 2.30. The number of halogens is 1. The molecule has 1 aliphatic heterocycles. The zero-order valence-corrected chi connectivity index (χ0v) is 8.67. The van der Waals surface area contributed by atoms with E-state index in [1.807, 2.05) is 24.3 Å². The minimum absolute atomic E-state index is 0.0532. The van der Waals surface area contributed by atoms with Gasteiger partial charge < -0.3 is 5.32 Å². The first-order chi connectivity index (χ1) is 6.27. The van der Waals surface area contributed by atoms with Crippen molar-refractivity contribution in [1.82, 2.24) is 5.32 Å². The minimum atomic E-state index is 0.0532. The molecule has 1 N–H and O–H groups in total. The molecule has 1 aliphatic rings. The smallest absolute Gasteiger partial charge is 0.227 e. The lowest BCUT2D eigenvalue weighted by atomic mass is 9.98. The van der Waals surface area contributed by atoms with Crippen molar-refractivity contribution >= 4 is 21.8 Å². The zero-order chi connectivity index (χ0) is 9.26. The summed E-state index contributed by atoms with van der Waals surface area (Å²) in [6, 6.07) is 7.94. The monoisotopic (exact) mass is 239 g/mol. The van der Waals surface area contributed by atoms with Gasteiger partial charge in [0.2, 0.25) is 5.91 Å². The zero-order valence-electron chi connectivity index (χ0n) is 7.09. The van der Waals surface area contributed by atoms with E-state index in [0.717, 1.165) is 23.0 Å². The number of rotatable bonds is 1. The van der Waals surface area contributed by atoms with Gasteiger partial charge in [0.15, 0.2) is 0 Å². The average molecular weight is 240 g/mol. The molecule has 0 aromatic heterocycles. The van der Waals surface area contributed by atoms with Crippen LogP contribution in [0.2, 0.25) is 0 Å². The van der Waals surface area contributed by atoms with Gasteiger partial charge in [-0.2, -0.15) is 0 Å². The normalized spacial score (nSPS) is 21.6. The second-order valence-electron chi connectivity index (χ2n) is 3.19. The van der Waals surface area contributed by atoms with Gasteiger partial charge in [0.25, 0.3) is 0 Å². The summed E-state index contributed by atoms with van der Waals surface area (Å²) in [4.78, 5) is 11.4. The van der Waals surface area contributed by atoms with Crippen LogP contribution in [0.4, 0.5) is 0 Å². The molecule has 3 heteroatoms. The molecule has 1 aromatic carbocycles. The Hall–Kier alpha value is -0.830. The third-order valence-corrected chi connectivity index (χ3v) is 2.79. The van der Waals surface area contributed by atoms with E-state index in [2.05, 4.69) is 21.2 Å². The first kappa shape index (κ1) is 8.75. The lowest BCUT2D eigenvalue weighted by Gasteiger charge is -2.06. The quantitative estimate of drug-likeness (QED) is 0.799. The summed E-state index contributed by atoms with van der Waals surface area (Å²) < 4.78 is 1.03. The fourth-order valence-corrected chi connectivity index (χ4v) is 2.05. The first-order valence-corrected chi connectivity index (χ1v) is 5.10. The average Bonchev–Trinajstić information content (AvgIpc) is 2.51. The fourth-order valence-electron chi connectivity index (χ4n) is 1.64. The largest absolute Gasteiger partial charge is 0.356 e. The number of benzene rings is 1. The number of carbonyl (C=O) groups is 1. The van der Waals surface area contributed by atoms with E-state index in [1.54, 1.807) is 0 Å². The topological polar surface area (TPSA) is 29.1 Å². The van der Waals surface area contributed by atoms with Crippen LogP contribution < -0.4 is 5.32 Å². The second-order valence-corrected chi connectivity index (χ2v) is 4.10. The van der Waals surface area contributed by atoms with E-state index >= 15 is 0 Å². The van der Waals surface area contributed by atoms with Crippen LogP contribution in [0.15, 0.2) is 28.7 Å². The molecule has 13 heavy (non-hydrogen) atoms. The lowest BCUT2D eigenvalue weighted by molar-refractivity contribution is -0.120. The summed E-state index contributed by atoms with van der Waals surface area (Å²) in [6.07, 6.45) is 0.912. The maximum atomic E-state index is 11.4. The predicted molar refractivity (Wildman–Crippen MR) is 54.5 cm³/mol. The minimum Gasteiger partial charge on any atom is -0.356 e. The van der Waals surface area contributed by atoms with Gasteiger partial charge in [0.05, 0.1) is 5.92 Å². The maximum Gasteiger partial charge on any atom is 0.227 e. The molecule has 0 radical (unpaired) electrons.